The third-order valence-electron chi connectivity index (χ3n) is 5.32. The van der Waals surface area contributed by atoms with E-state index in [0.29, 0.717) is 45.4 Å². The smallest absolute Gasteiger partial charge is 0.409 e. The highest BCUT2D eigenvalue weighted by Crippen LogP contribution is 2.12. The van der Waals surface area contributed by atoms with Crippen LogP contribution in [0.4, 0.5) is 4.79 Å². The summed E-state index contributed by atoms with van der Waals surface area (Å²) in [7, 11) is 3.43. The Morgan fingerprint density at radius 3 is 2.59 bits per heavy atom. The molecule has 2 N–H and O–H groups in total. The normalized spacial score (nSPS) is 19.3. The topological polar surface area (TPSA) is 105 Å². The third kappa shape index (κ3) is 11.0. The summed E-state index contributed by atoms with van der Waals surface area (Å²) in [5, 5.41) is 6.70. The van der Waals surface area contributed by atoms with E-state index in [2.05, 4.69) is 15.6 Å². The fraction of sp³-hybridized carbons (Fsp3) is 0.857. The highest BCUT2D eigenvalue weighted by molar-refractivity contribution is 14.0. The lowest BCUT2D eigenvalue weighted by atomic mass is 10.1. The molecule has 186 valence electrons. The van der Waals surface area contributed by atoms with Gasteiger partial charge in [0.2, 0.25) is 5.91 Å². The summed E-state index contributed by atoms with van der Waals surface area (Å²) in [6, 6.07) is 0.183. The number of amides is 2. The molecule has 2 saturated heterocycles. The predicted octanol–water partition coefficient (Wildman–Crippen LogP) is 1.43. The maximum Gasteiger partial charge on any atom is 0.409 e. The standard InChI is InChI=1S/C21H39N5O5.HI/c1-4-30-21(28)26-11-8-17(9-12-26)24-20(23-15-19(27)25(2)3)22-10-6-13-29-16-18-7-5-14-31-18;/h17-18H,4-16H2,1-3H3,(H2,22,23,24);1H. The van der Waals surface area contributed by atoms with E-state index in [0.717, 1.165) is 38.7 Å². The Kier molecular flexibility index (Phi) is 14.6. The van der Waals surface area contributed by atoms with E-state index in [-0.39, 0.29) is 54.7 Å². The number of hydrogen-bond donors (Lipinski definition) is 2. The van der Waals surface area contributed by atoms with Crippen molar-refractivity contribution in [1.29, 1.82) is 0 Å². The maximum absolute atomic E-state index is 11.9. The monoisotopic (exact) mass is 569 g/mol. The Hall–Kier alpha value is -1.34. The zero-order chi connectivity index (χ0) is 22.5. The molecule has 2 rings (SSSR count). The van der Waals surface area contributed by atoms with Gasteiger partial charge in [-0.25, -0.2) is 9.79 Å². The fourth-order valence-corrected chi connectivity index (χ4v) is 3.43. The van der Waals surface area contributed by atoms with E-state index in [9.17, 15) is 9.59 Å². The number of halogens is 1. The molecule has 2 fully saturated rings. The SMILES string of the molecule is CCOC(=O)N1CCC(NC(=NCC(=O)N(C)C)NCCCOCC2CCCO2)CC1.I. The maximum atomic E-state index is 11.9. The number of carbonyl (C=O) groups is 2. The number of aliphatic imine (C=N–C) groups is 1. The molecule has 11 heteroatoms. The highest BCUT2D eigenvalue weighted by atomic mass is 127. The van der Waals surface area contributed by atoms with Gasteiger partial charge in [-0.3, -0.25) is 4.79 Å². The minimum Gasteiger partial charge on any atom is -0.450 e. The average Bonchev–Trinajstić information content (AvgIpc) is 3.28. The number of rotatable bonds is 10. The van der Waals surface area contributed by atoms with Crippen molar-refractivity contribution >= 4 is 41.9 Å². The molecular formula is C21H40IN5O5. The zero-order valence-corrected chi connectivity index (χ0v) is 22.0. The summed E-state index contributed by atoms with van der Waals surface area (Å²) in [6.07, 6.45) is 4.60. The largest absolute Gasteiger partial charge is 0.450 e. The number of ether oxygens (including phenoxy) is 3. The van der Waals surface area contributed by atoms with Crippen LogP contribution in [0.2, 0.25) is 0 Å². The van der Waals surface area contributed by atoms with E-state index in [1.54, 1.807) is 19.0 Å². The van der Waals surface area contributed by atoms with E-state index < -0.39 is 0 Å². The van der Waals surface area contributed by atoms with Crippen molar-refractivity contribution in [1.82, 2.24) is 20.4 Å². The van der Waals surface area contributed by atoms with Crippen LogP contribution in [0.25, 0.3) is 0 Å². The zero-order valence-electron chi connectivity index (χ0n) is 19.6. The molecule has 10 nitrogen and oxygen atoms in total. The Morgan fingerprint density at radius 2 is 1.97 bits per heavy atom. The summed E-state index contributed by atoms with van der Waals surface area (Å²) in [5.74, 6) is 0.557. The molecule has 0 saturated carbocycles. The van der Waals surface area contributed by atoms with E-state index in [1.165, 1.54) is 4.90 Å². The minimum absolute atomic E-state index is 0. The number of carbonyl (C=O) groups excluding carboxylic acids is 2. The number of likely N-dealkylation sites (tertiary alicyclic amines) is 1. The van der Waals surface area contributed by atoms with Crippen molar-refractivity contribution in [3.05, 3.63) is 0 Å². The van der Waals surface area contributed by atoms with Gasteiger partial charge in [0, 0.05) is 53.0 Å². The molecule has 0 spiro atoms. The molecule has 0 aliphatic carbocycles. The van der Waals surface area contributed by atoms with Gasteiger partial charge in [-0.05, 0) is 39.0 Å². The van der Waals surface area contributed by atoms with E-state index in [4.69, 9.17) is 14.2 Å². The number of likely N-dealkylation sites (N-methyl/N-ethyl adjacent to an activating group) is 1. The summed E-state index contributed by atoms with van der Waals surface area (Å²) >= 11 is 0. The van der Waals surface area contributed by atoms with Crippen LogP contribution in [0.15, 0.2) is 4.99 Å². The number of hydrogen-bond acceptors (Lipinski definition) is 6. The summed E-state index contributed by atoms with van der Waals surface area (Å²) in [6.45, 7) is 6.37. The molecule has 0 bridgehead atoms. The molecule has 1 unspecified atom stereocenters. The van der Waals surface area contributed by atoms with Gasteiger partial charge in [-0.15, -0.1) is 24.0 Å². The van der Waals surface area contributed by atoms with E-state index >= 15 is 0 Å². The van der Waals surface area contributed by atoms with Crippen molar-refractivity contribution in [3.8, 4) is 0 Å². The van der Waals surface area contributed by atoms with Crippen LogP contribution in [0.3, 0.4) is 0 Å². The van der Waals surface area contributed by atoms with Crippen molar-refractivity contribution in [2.75, 3.05) is 66.7 Å². The van der Waals surface area contributed by atoms with Crippen molar-refractivity contribution in [2.24, 2.45) is 4.99 Å². The van der Waals surface area contributed by atoms with Crippen LogP contribution < -0.4 is 10.6 Å². The number of nitrogens with one attached hydrogen (secondary N) is 2. The number of guanidine groups is 1. The molecule has 2 aliphatic heterocycles. The first kappa shape index (κ1) is 28.7. The first-order valence-corrected chi connectivity index (χ1v) is 11.4. The van der Waals surface area contributed by atoms with Gasteiger partial charge in [0.05, 0.1) is 19.3 Å². The second-order valence-corrected chi connectivity index (χ2v) is 8.05. The Morgan fingerprint density at radius 1 is 1.22 bits per heavy atom. The Bertz CT molecular complexity index is 579. The predicted molar refractivity (Wildman–Crippen MR) is 134 cm³/mol. The molecule has 32 heavy (non-hydrogen) atoms. The Balaban J connectivity index is 0.00000512. The first-order chi connectivity index (χ1) is 15.0. The van der Waals surface area contributed by atoms with Gasteiger partial charge in [-0.2, -0.15) is 0 Å². The minimum atomic E-state index is -0.257. The molecule has 2 amide bonds. The second-order valence-electron chi connectivity index (χ2n) is 8.05. The molecule has 2 heterocycles. The first-order valence-electron chi connectivity index (χ1n) is 11.4. The van der Waals surface area contributed by atoms with Gasteiger partial charge >= 0.3 is 6.09 Å². The van der Waals surface area contributed by atoms with Gasteiger partial charge in [0.15, 0.2) is 5.96 Å². The molecule has 0 aromatic rings. The number of nitrogens with zero attached hydrogens (tertiary/aromatic N) is 3. The average molecular weight is 569 g/mol. The van der Waals surface area contributed by atoms with Crippen LogP contribution in [-0.4, -0.2) is 107 Å². The molecule has 1 atom stereocenters. The third-order valence-corrected chi connectivity index (χ3v) is 5.32. The summed E-state index contributed by atoms with van der Waals surface area (Å²) < 4.78 is 16.3. The fourth-order valence-electron chi connectivity index (χ4n) is 3.43. The lowest BCUT2D eigenvalue weighted by Crippen LogP contribution is -2.50. The van der Waals surface area contributed by atoms with Crippen molar-refractivity contribution in [3.63, 3.8) is 0 Å². The highest BCUT2D eigenvalue weighted by Gasteiger charge is 2.24. The van der Waals surface area contributed by atoms with Crippen molar-refractivity contribution in [2.45, 2.75) is 51.2 Å². The van der Waals surface area contributed by atoms with Gasteiger partial charge in [0.25, 0.3) is 0 Å². The Labute approximate surface area is 208 Å². The van der Waals surface area contributed by atoms with Crippen LogP contribution in [-0.2, 0) is 19.0 Å². The molecule has 2 aliphatic rings. The van der Waals surface area contributed by atoms with Gasteiger partial charge in [-0.1, -0.05) is 0 Å². The second kappa shape index (κ2) is 16.3. The van der Waals surface area contributed by atoms with Crippen LogP contribution in [0, 0.1) is 0 Å². The lowest BCUT2D eigenvalue weighted by molar-refractivity contribution is -0.127. The van der Waals surface area contributed by atoms with Crippen LogP contribution in [0.5, 0.6) is 0 Å². The number of piperidine rings is 1. The van der Waals surface area contributed by atoms with Gasteiger partial charge in [0.1, 0.15) is 6.54 Å². The molecule has 0 radical (unpaired) electrons. The van der Waals surface area contributed by atoms with Gasteiger partial charge < -0.3 is 34.6 Å². The van der Waals surface area contributed by atoms with Crippen LogP contribution >= 0.6 is 24.0 Å². The quantitative estimate of drug-likeness (QED) is 0.178. The van der Waals surface area contributed by atoms with E-state index in [1.807, 2.05) is 6.92 Å². The lowest BCUT2D eigenvalue weighted by Gasteiger charge is -2.32. The van der Waals surface area contributed by atoms with Crippen molar-refractivity contribution < 1.29 is 23.8 Å². The van der Waals surface area contributed by atoms with Crippen LogP contribution in [0.1, 0.15) is 39.0 Å². The molecule has 0 aromatic carbocycles. The summed E-state index contributed by atoms with van der Waals surface area (Å²) in [5.41, 5.74) is 0. The summed E-state index contributed by atoms with van der Waals surface area (Å²) in [4.78, 5) is 31.5. The molecular weight excluding hydrogens is 529 g/mol. The molecule has 0 aromatic heterocycles.